The van der Waals surface area contributed by atoms with E-state index in [4.69, 9.17) is 9.05 Å². The van der Waals surface area contributed by atoms with Gasteiger partial charge < -0.3 is 28.2 Å². The van der Waals surface area contributed by atoms with Crippen LogP contribution in [0, 0.1) is 0 Å². The van der Waals surface area contributed by atoms with Crippen molar-refractivity contribution in [2.75, 3.05) is 80.3 Å². The number of nitrogens with zero attached hydrogens (tertiary/aromatic N) is 2. The average Bonchev–Trinajstić information content (AvgIpc) is 2.45. The van der Waals surface area contributed by atoms with E-state index in [9.17, 15) is 14.8 Å². The van der Waals surface area contributed by atoms with E-state index in [0.717, 1.165) is 24.0 Å². The summed E-state index contributed by atoms with van der Waals surface area (Å²) < 4.78 is 26.2. The van der Waals surface area contributed by atoms with Gasteiger partial charge in [-0.2, -0.15) is 0 Å². The summed E-state index contributed by atoms with van der Waals surface area (Å²) in [5.74, 6) is 0. The van der Waals surface area contributed by atoms with Crippen molar-refractivity contribution in [1.29, 1.82) is 0 Å². The first-order valence-corrected chi connectivity index (χ1v) is 11.2. The van der Waals surface area contributed by atoms with E-state index in [1.807, 2.05) is 20.8 Å². The molecule has 0 aromatic rings. The fourth-order valence-corrected chi connectivity index (χ4v) is 4.28. The van der Waals surface area contributed by atoms with Gasteiger partial charge in [0.2, 0.25) is 0 Å². The van der Waals surface area contributed by atoms with E-state index in [-0.39, 0.29) is 19.8 Å². The Morgan fingerprint density at radius 1 is 0.846 bits per heavy atom. The first-order valence-electron chi connectivity index (χ1n) is 9.61. The molecule has 2 N–H and O–H groups in total. The Morgan fingerprint density at radius 2 is 1.31 bits per heavy atom. The zero-order valence-electron chi connectivity index (χ0n) is 18.0. The van der Waals surface area contributed by atoms with Crippen LogP contribution in [-0.2, 0) is 13.6 Å². The Balaban J connectivity index is 4.99. The van der Waals surface area contributed by atoms with Crippen LogP contribution in [0.5, 0.6) is 0 Å². The lowest BCUT2D eigenvalue weighted by molar-refractivity contribution is -0.928. The van der Waals surface area contributed by atoms with E-state index < -0.39 is 12.8 Å². The Hall–Kier alpha value is -0.0100. The Morgan fingerprint density at radius 3 is 1.65 bits per heavy atom. The molecule has 0 bridgehead atoms. The van der Waals surface area contributed by atoms with Crippen LogP contribution in [0.15, 0.2) is 0 Å². The van der Waals surface area contributed by atoms with Crippen LogP contribution in [0.4, 0.5) is 0 Å². The highest BCUT2D eigenvalue weighted by atomic mass is 31.2. The minimum atomic E-state index is -3.28. The number of quaternary nitrogens is 2. The number of likely N-dealkylation sites (N-methyl/N-ethyl adjacent to an activating group) is 1. The van der Waals surface area contributed by atoms with Crippen molar-refractivity contribution < 1.29 is 32.8 Å². The normalized spacial score (nSPS) is 15.9. The summed E-state index contributed by atoms with van der Waals surface area (Å²) in [4.78, 5) is 0. The van der Waals surface area contributed by atoms with Crippen LogP contribution in [0.3, 0.4) is 0 Å². The summed E-state index contributed by atoms with van der Waals surface area (Å²) in [7, 11) is 2.91. The van der Waals surface area contributed by atoms with Crippen molar-refractivity contribution in [3.8, 4) is 0 Å². The third kappa shape index (κ3) is 9.27. The topological polar surface area (TPSA) is 76.0 Å². The maximum absolute atomic E-state index is 13.3. The molecule has 1 unspecified atom stereocenters. The Labute approximate surface area is 160 Å². The molecule has 0 radical (unpaired) electrons. The first kappa shape index (κ1) is 26.0. The van der Waals surface area contributed by atoms with Gasteiger partial charge in [0.15, 0.2) is 0 Å². The number of aliphatic hydroxyl groups is 2. The molecule has 8 heteroatoms. The van der Waals surface area contributed by atoms with Gasteiger partial charge >= 0.3 is 7.60 Å². The Bertz CT molecular complexity index is 415. The quantitative estimate of drug-likeness (QED) is 0.345. The maximum Gasteiger partial charge on any atom is 0.336 e. The lowest BCUT2D eigenvalue weighted by Gasteiger charge is -2.38. The molecule has 0 saturated carbocycles. The van der Waals surface area contributed by atoms with E-state index in [0.29, 0.717) is 30.7 Å². The van der Waals surface area contributed by atoms with Gasteiger partial charge in [0.25, 0.3) is 0 Å². The molecule has 0 saturated heterocycles. The monoisotopic (exact) mass is 398 g/mol. The highest BCUT2D eigenvalue weighted by Crippen LogP contribution is 2.59. The minimum absolute atomic E-state index is 0.0525. The van der Waals surface area contributed by atoms with Crippen molar-refractivity contribution in [1.82, 2.24) is 0 Å². The van der Waals surface area contributed by atoms with Gasteiger partial charge in [0.05, 0.1) is 46.1 Å². The van der Waals surface area contributed by atoms with Crippen molar-refractivity contribution in [3.05, 3.63) is 0 Å². The third-order valence-electron chi connectivity index (χ3n) is 4.52. The van der Waals surface area contributed by atoms with Gasteiger partial charge in [-0.1, -0.05) is 6.92 Å². The van der Waals surface area contributed by atoms with Gasteiger partial charge in [0, 0.05) is 0 Å². The van der Waals surface area contributed by atoms with Gasteiger partial charge in [-0.15, -0.1) is 0 Å². The predicted octanol–water partition coefficient (Wildman–Crippen LogP) is 1.93. The molecule has 0 fully saturated rings. The van der Waals surface area contributed by atoms with E-state index in [1.54, 1.807) is 0 Å². The Kier molecular flexibility index (Phi) is 11.1. The van der Waals surface area contributed by atoms with E-state index in [1.165, 1.54) is 0 Å². The van der Waals surface area contributed by atoms with Gasteiger partial charge in [-0.05, 0) is 27.2 Å². The molecule has 158 valence electrons. The summed E-state index contributed by atoms with van der Waals surface area (Å²) in [5, 5.41) is 18.2. The van der Waals surface area contributed by atoms with Gasteiger partial charge in [-0.25, -0.2) is 0 Å². The predicted molar refractivity (Wildman–Crippen MR) is 106 cm³/mol. The SMILES string of the molecule is CCC[N+](CCO)(CCO)CCOP(=O)(OCC[N+](C)(C)C)C(C)(C)C. The average molecular weight is 399 g/mol. The maximum atomic E-state index is 13.3. The van der Waals surface area contributed by atoms with Crippen LogP contribution in [-0.4, -0.2) is 105 Å². The van der Waals surface area contributed by atoms with Crippen molar-refractivity contribution >= 4 is 7.60 Å². The minimum Gasteiger partial charge on any atom is -0.391 e. The smallest absolute Gasteiger partial charge is 0.336 e. The van der Waals surface area contributed by atoms with E-state index >= 15 is 0 Å². The summed E-state index contributed by atoms with van der Waals surface area (Å²) in [6.45, 7) is 11.7. The fourth-order valence-electron chi connectivity index (χ4n) is 2.78. The summed E-state index contributed by atoms with van der Waals surface area (Å²) in [6.07, 6.45) is 0.941. The zero-order chi connectivity index (χ0) is 20.5. The second-order valence-corrected chi connectivity index (χ2v) is 11.9. The number of aliphatic hydroxyl groups excluding tert-OH is 2. The second-order valence-electron chi connectivity index (χ2n) is 9.03. The number of rotatable bonds is 14. The molecule has 0 aliphatic rings. The molecule has 0 aliphatic heterocycles. The standard InChI is InChI=1S/C18H43N2O5P/c1-8-9-20(10-14-21,11-15-22)13-17-25-26(23,18(2,3)4)24-16-12-19(5,6)7/h21-22H,8-17H2,1-7H3/q+2. The molecule has 0 aromatic heterocycles. The molecule has 0 heterocycles. The molecule has 0 aromatic carbocycles. The van der Waals surface area contributed by atoms with Crippen LogP contribution >= 0.6 is 7.60 Å². The molecular formula is C18H43N2O5P+2. The fraction of sp³-hybridized carbons (Fsp3) is 1.00. The lowest BCUT2D eigenvalue weighted by Crippen LogP contribution is -2.54. The largest absolute Gasteiger partial charge is 0.391 e. The molecule has 7 nitrogen and oxygen atoms in total. The molecule has 0 aliphatic carbocycles. The van der Waals surface area contributed by atoms with E-state index in [2.05, 4.69) is 28.1 Å². The molecule has 26 heavy (non-hydrogen) atoms. The zero-order valence-corrected chi connectivity index (χ0v) is 18.9. The number of hydrogen-bond donors (Lipinski definition) is 2. The highest BCUT2D eigenvalue weighted by molar-refractivity contribution is 7.55. The molecule has 0 amide bonds. The molecule has 0 rings (SSSR count). The van der Waals surface area contributed by atoms with Crippen LogP contribution in [0.1, 0.15) is 34.1 Å². The summed E-state index contributed by atoms with van der Waals surface area (Å²) >= 11 is 0. The molecule has 1 atom stereocenters. The second kappa shape index (κ2) is 11.1. The first-order chi connectivity index (χ1) is 11.8. The molecule has 0 spiro atoms. The molecular weight excluding hydrogens is 355 g/mol. The lowest BCUT2D eigenvalue weighted by atomic mass is 10.3. The van der Waals surface area contributed by atoms with Gasteiger partial charge in [-0.3, -0.25) is 4.57 Å². The van der Waals surface area contributed by atoms with Gasteiger partial charge in [0.1, 0.15) is 39.4 Å². The summed E-state index contributed by atoms with van der Waals surface area (Å²) in [5.41, 5.74) is 0. The van der Waals surface area contributed by atoms with Crippen molar-refractivity contribution in [2.24, 2.45) is 0 Å². The van der Waals surface area contributed by atoms with Crippen LogP contribution in [0.2, 0.25) is 0 Å². The summed E-state index contributed by atoms with van der Waals surface area (Å²) in [6, 6.07) is 0. The third-order valence-corrected chi connectivity index (χ3v) is 7.21. The highest BCUT2D eigenvalue weighted by Gasteiger charge is 2.41. The van der Waals surface area contributed by atoms with Crippen molar-refractivity contribution in [2.45, 2.75) is 39.3 Å². The van der Waals surface area contributed by atoms with Crippen LogP contribution in [0.25, 0.3) is 0 Å². The van der Waals surface area contributed by atoms with Crippen LogP contribution < -0.4 is 0 Å². The van der Waals surface area contributed by atoms with Crippen molar-refractivity contribution in [3.63, 3.8) is 0 Å². The number of hydrogen-bond acceptors (Lipinski definition) is 5.